The molecule has 0 spiro atoms. The molecule has 3 aliphatic heterocycles. The lowest BCUT2D eigenvalue weighted by molar-refractivity contribution is -0.135. The van der Waals surface area contributed by atoms with Crippen molar-refractivity contribution in [3.63, 3.8) is 0 Å². The maximum absolute atomic E-state index is 12.8. The average Bonchev–Trinajstić information content (AvgIpc) is 3.32. The first-order valence-electron chi connectivity index (χ1n) is 9.17. The molecule has 8 heteroatoms. The molecule has 3 aliphatic rings. The number of carbonyl (C=O) groups is 2. The summed E-state index contributed by atoms with van der Waals surface area (Å²) in [6, 6.07) is 0. The van der Waals surface area contributed by atoms with Crippen LogP contribution in [0.15, 0.2) is 0 Å². The third-order valence-electron chi connectivity index (χ3n) is 5.29. The molecule has 3 rings (SSSR count). The Kier molecular flexibility index (Phi) is 8.72. The van der Waals surface area contributed by atoms with Crippen molar-refractivity contribution in [3.05, 3.63) is 0 Å². The van der Waals surface area contributed by atoms with Gasteiger partial charge in [-0.2, -0.15) is 23.5 Å². The minimum atomic E-state index is -0.559. The van der Waals surface area contributed by atoms with Gasteiger partial charge in [-0.1, -0.05) is 0 Å². The first-order valence-corrected chi connectivity index (χ1v) is 11.3. The van der Waals surface area contributed by atoms with Gasteiger partial charge in [0, 0.05) is 36.6 Å². The number of nitrogens with one attached hydrogen (secondary N) is 3. The molecule has 3 N–H and O–H groups in total. The highest BCUT2D eigenvalue weighted by molar-refractivity contribution is 8.00. The molecule has 0 aromatic rings. The largest absolute Gasteiger partial charge is 0.355 e. The van der Waals surface area contributed by atoms with E-state index >= 15 is 0 Å². The van der Waals surface area contributed by atoms with Crippen LogP contribution < -0.4 is 16.0 Å². The molecule has 0 saturated carbocycles. The summed E-state index contributed by atoms with van der Waals surface area (Å²) in [5, 5.41) is 10.6. The highest BCUT2D eigenvalue weighted by Gasteiger charge is 2.43. The minimum absolute atomic E-state index is 0. The Balaban J connectivity index is 0.00000225. The number of rotatable bonds is 7. The molecule has 0 radical (unpaired) electrons. The third kappa shape index (κ3) is 5.94. The third-order valence-corrected chi connectivity index (χ3v) is 8.09. The number of amides is 2. The first kappa shape index (κ1) is 21.2. The van der Waals surface area contributed by atoms with E-state index in [0.717, 1.165) is 26.1 Å². The van der Waals surface area contributed by atoms with Crippen LogP contribution in [0.2, 0.25) is 0 Å². The van der Waals surface area contributed by atoms with E-state index in [1.165, 1.54) is 37.2 Å². The van der Waals surface area contributed by atoms with E-state index in [4.69, 9.17) is 0 Å². The second-order valence-corrected chi connectivity index (χ2v) is 9.98. The SMILES string of the molecule is Cl.O=C(CC1(C(=O)NCC2CCCS2)CCNC1)NCC1CCCS1. The van der Waals surface area contributed by atoms with Crippen LogP contribution in [0.25, 0.3) is 0 Å². The van der Waals surface area contributed by atoms with Crippen molar-refractivity contribution >= 4 is 47.7 Å². The summed E-state index contributed by atoms with van der Waals surface area (Å²) in [6.45, 7) is 2.92. The predicted octanol–water partition coefficient (Wildman–Crippen LogP) is 1.80. The fraction of sp³-hybridized carbons (Fsp3) is 0.882. The second kappa shape index (κ2) is 10.3. The Bertz CT molecular complexity index is 449. The van der Waals surface area contributed by atoms with Gasteiger partial charge in [0.2, 0.25) is 11.8 Å². The van der Waals surface area contributed by atoms with Crippen LogP contribution in [0.5, 0.6) is 0 Å². The molecule has 3 heterocycles. The topological polar surface area (TPSA) is 70.2 Å². The molecule has 3 fully saturated rings. The molecule has 3 unspecified atom stereocenters. The fourth-order valence-electron chi connectivity index (χ4n) is 3.77. The van der Waals surface area contributed by atoms with E-state index in [1.807, 2.05) is 23.5 Å². The van der Waals surface area contributed by atoms with Gasteiger partial charge in [-0.3, -0.25) is 9.59 Å². The lowest BCUT2D eigenvalue weighted by Crippen LogP contribution is -2.47. The molecule has 0 bridgehead atoms. The normalized spacial score (nSPS) is 31.5. The number of halogens is 1. The van der Waals surface area contributed by atoms with E-state index in [9.17, 15) is 9.59 Å². The van der Waals surface area contributed by atoms with Gasteiger partial charge in [0.05, 0.1) is 5.41 Å². The summed E-state index contributed by atoms with van der Waals surface area (Å²) in [7, 11) is 0. The Hall–Kier alpha value is -0.110. The van der Waals surface area contributed by atoms with Gasteiger partial charge >= 0.3 is 0 Å². The van der Waals surface area contributed by atoms with Crippen molar-refractivity contribution in [2.24, 2.45) is 5.41 Å². The van der Waals surface area contributed by atoms with Gasteiger partial charge < -0.3 is 16.0 Å². The lowest BCUT2D eigenvalue weighted by Gasteiger charge is -2.27. The first-order chi connectivity index (χ1) is 11.7. The summed E-state index contributed by atoms with van der Waals surface area (Å²) in [5.41, 5.74) is -0.559. The summed E-state index contributed by atoms with van der Waals surface area (Å²) in [5.74, 6) is 2.49. The molecule has 2 amide bonds. The molecule has 0 aromatic carbocycles. The molecular weight excluding hydrogens is 378 g/mol. The Morgan fingerprint density at radius 1 is 1.04 bits per heavy atom. The van der Waals surface area contributed by atoms with E-state index in [2.05, 4.69) is 16.0 Å². The maximum atomic E-state index is 12.8. The van der Waals surface area contributed by atoms with Gasteiger partial charge in [0.25, 0.3) is 0 Å². The smallest absolute Gasteiger partial charge is 0.228 e. The van der Waals surface area contributed by atoms with Crippen LogP contribution in [-0.4, -0.2) is 60.0 Å². The van der Waals surface area contributed by atoms with Crippen molar-refractivity contribution in [2.75, 3.05) is 37.7 Å². The molecule has 5 nitrogen and oxygen atoms in total. The van der Waals surface area contributed by atoms with Crippen LogP contribution in [0.3, 0.4) is 0 Å². The van der Waals surface area contributed by atoms with Gasteiger partial charge in [-0.15, -0.1) is 12.4 Å². The number of hydrogen-bond acceptors (Lipinski definition) is 5. The zero-order valence-corrected chi connectivity index (χ0v) is 17.1. The Morgan fingerprint density at radius 2 is 1.68 bits per heavy atom. The second-order valence-electron chi connectivity index (χ2n) is 7.17. The van der Waals surface area contributed by atoms with E-state index in [-0.39, 0.29) is 24.2 Å². The zero-order chi connectivity index (χ0) is 16.8. The van der Waals surface area contributed by atoms with Gasteiger partial charge in [0.15, 0.2) is 0 Å². The zero-order valence-electron chi connectivity index (χ0n) is 14.7. The van der Waals surface area contributed by atoms with Crippen LogP contribution in [0.4, 0.5) is 0 Å². The molecule has 0 aliphatic carbocycles. The van der Waals surface area contributed by atoms with Crippen LogP contribution in [-0.2, 0) is 9.59 Å². The van der Waals surface area contributed by atoms with Crippen LogP contribution in [0.1, 0.15) is 38.5 Å². The van der Waals surface area contributed by atoms with E-state index in [0.29, 0.717) is 23.5 Å². The lowest BCUT2D eigenvalue weighted by atomic mass is 9.82. The molecule has 0 aromatic heterocycles. The van der Waals surface area contributed by atoms with Crippen molar-refractivity contribution in [1.29, 1.82) is 0 Å². The molecular formula is C17H30ClN3O2S2. The summed E-state index contributed by atoms with van der Waals surface area (Å²) in [4.78, 5) is 25.2. The summed E-state index contributed by atoms with van der Waals surface area (Å²) in [6.07, 6.45) is 5.94. The van der Waals surface area contributed by atoms with Gasteiger partial charge in [0.1, 0.15) is 0 Å². The average molecular weight is 408 g/mol. The molecule has 144 valence electrons. The van der Waals surface area contributed by atoms with Crippen molar-refractivity contribution in [1.82, 2.24) is 16.0 Å². The Labute approximate surface area is 165 Å². The van der Waals surface area contributed by atoms with Gasteiger partial charge in [-0.05, 0) is 50.2 Å². The van der Waals surface area contributed by atoms with Crippen LogP contribution >= 0.6 is 35.9 Å². The standard InChI is InChI=1S/C17H29N3O2S2.ClH/c21-15(19-10-13-3-1-7-23-13)9-17(5-6-18-12-17)16(22)20-11-14-4-2-8-24-14;/h13-14,18H,1-12H2,(H,19,21)(H,20,22);1H. The maximum Gasteiger partial charge on any atom is 0.228 e. The van der Waals surface area contributed by atoms with Crippen molar-refractivity contribution in [3.8, 4) is 0 Å². The summed E-state index contributed by atoms with van der Waals surface area (Å²) >= 11 is 3.90. The summed E-state index contributed by atoms with van der Waals surface area (Å²) < 4.78 is 0. The van der Waals surface area contributed by atoms with Crippen molar-refractivity contribution < 1.29 is 9.59 Å². The molecule has 3 atom stereocenters. The van der Waals surface area contributed by atoms with Crippen LogP contribution in [0, 0.1) is 5.41 Å². The molecule has 3 saturated heterocycles. The highest BCUT2D eigenvalue weighted by Crippen LogP contribution is 2.31. The Morgan fingerprint density at radius 3 is 2.20 bits per heavy atom. The van der Waals surface area contributed by atoms with E-state index < -0.39 is 5.41 Å². The van der Waals surface area contributed by atoms with Crippen molar-refractivity contribution in [2.45, 2.75) is 49.0 Å². The predicted molar refractivity (Wildman–Crippen MR) is 109 cm³/mol. The number of thioether (sulfide) groups is 2. The fourth-order valence-corrected chi connectivity index (χ4v) is 6.17. The monoisotopic (exact) mass is 407 g/mol. The molecule has 25 heavy (non-hydrogen) atoms. The minimum Gasteiger partial charge on any atom is -0.355 e. The quantitative estimate of drug-likeness (QED) is 0.600. The number of hydrogen-bond donors (Lipinski definition) is 3. The number of carbonyl (C=O) groups excluding carboxylic acids is 2. The highest BCUT2D eigenvalue weighted by atomic mass is 35.5. The van der Waals surface area contributed by atoms with E-state index in [1.54, 1.807) is 0 Å². The van der Waals surface area contributed by atoms with Gasteiger partial charge in [-0.25, -0.2) is 0 Å².